The van der Waals surface area contributed by atoms with Crippen molar-refractivity contribution in [3.05, 3.63) is 42.5 Å². The molecule has 0 bridgehead atoms. The molecule has 5 amide bonds. The van der Waals surface area contributed by atoms with Crippen LogP contribution in [0.15, 0.2) is 42.5 Å². The van der Waals surface area contributed by atoms with Gasteiger partial charge in [-0.2, -0.15) is 0 Å². The molecule has 296 valence electrons. The number of hydrogen-bond acceptors (Lipinski definition) is 10. The van der Waals surface area contributed by atoms with E-state index < -0.39 is 60.3 Å². The van der Waals surface area contributed by atoms with Crippen molar-refractivity contribution >= 4 is 57.7 Å². The molecule has 0 unspecified atom stereocenters. The van der Waals surface area contributed by atoms with Crippen molar-refractivity contribution < 1.29 is 38.6 Å². The van der Waals surface area contributed by atoms with Crippen LogP contribution >= 0.6 is 12.2 Å². The van der Waals surface area contributed by atoms with Crippen molar-refractivity contribution in [1.82, 2.24) is 31.5 Å². The number of nitrogens with zero attached hydrogens (tertiary/aromatic N) is 1. The molecule has 4 rings (SSSR count). The number of likely N-dealkylation sites (tertiary alicyclic amines) is 1. The van der Waals surface area contributed by atoms with Gasteiger partial charge in [-0.25, -0.2) is 0 Å². The summed E-state index contributed by atoms with van der Waals surface area (Å²) in [6.07, 6.45) is 3.75. The average molecular weight is 770 g/mol. The van der Waals surface area contributed by atoms with Gasteiger partial charge >= 0.3 is 0 Å². The van der Waals surface area contributed by atoms with E-state index >= 15 is 0 Å². The van der Waals surface area contributed by atoms with Crippen LogP contribution in [0.3, 0.4) is 0 Å². The Labute approximate surface area is 321 Å². The molecule has 15 nitrogen and oxygen atoms in total. The fourth-order valence-corrected chi connectivity index (χ4v) is 6.40. The second kappa shape index (κ2) is 20.8. The maximum atomic E-state index is 13.5. The quantitative estimate of drug-likeness (QED) is 0.0746. The number of nitrogens with two attached hydrogens (primary N) is 1. The van der Waals surface area contributed by atoms with E-state index in [-0.39, 0.29) is 36.8 Å². The van der Waals surface area contributed by atoms with Crippen LogP contribution < -0.4 is 37.1 Å². The lowest BCUT2D eigenvalue weighted by Gasteiger charge is -2.30. The number of hydrogen-bond donors (Lipinski definition) is 7. The summed E-state index contributed by atoms with van der Waals surface area (Å²) < 4.78 is 11.4. The number of nitrogens with one attached hydrogen (secondary N) is 5. The average Bonchev–Trinajstić information content (AvgIpc) is 3.84. The van der Waals surface area contributed by atoms with Crippen molar-refractivity contribution in [3.63, 3.8) is 0 Å². The smallest absolute Gasteiger partial charge is 0.258 e. The van der Waals surface area contributed by atoms with Gasteiger partial charge in [-0.15, -0.1) is 0 Å². The highest BCUT2D eigenvalue weighted by molar-refractivity contribution is 7.80. The summed E-state index contributed by atoms with van der Waals surface area (Å²) in [6.45, 7) is 5.08. The Kier molecular flexibility index (Phi) is 16.2. The molecule has 0 spiro atoms. The third-order valence-electron chi connectivity index (χ3n) is 9.39. The van der Waals surface area contributed by atoms with Gasteiger partial charge in [-0.05, 0) is 99.5 Å². The predicted molar refractivity (Wildman–Crippen MR) is 207 cm³/mol. The summed E-state index contributed by atoms with van der Waals surface area (Å²) in [5.41, 5.74) is 5.66. The lowest BCUT2D eigenvalue weighted by atomic mass is 10.0. The van der Waals surface area contributed by atoms with E-state index in [1.165, 1.54) is 6.92 Å². The number of ether oxygens (including phenoxy) is 2. The Morgan fingerprint density at radius 1 is 0.926 bits per heavy atom. The summed E-state index contributed by atoms with van der Waals surface area (Å²) in [5, 5.41) is 26.4. The van der Waals surface area contributed by atoms with Gasteiger partial charge in [-0.1, -0.05) is 44.2 Å². The number of carbonyl (C=O) groups is 5. The number of fused-ring (bicyclic) bond motifs is 1. The fraction of sp³-hybridized carbons (Fsp3) is 0.579. The molecule has 2 aromatic rings. The van der Waals surface area contributed by atoms with Crippen LogP contribution in [-0.2, 0) is 28.7 Å². The van der Waals surface area contributed by atoms with Gasteiger partial charge < -0.3 is 51.8 Å². The molecule has 1 heterocycles. The molecule has 0 radical (unpaired) electrons. The highest BCUT2D eigenvalue weighted by Crippen LogP contribution is 2.22. The molecule has 5 atom stereocenters. The predicted octanol–water partition coefficient (Wildman–Crippen LogP) is 1.000. The van der Waals surface area contributed by atoms with Gasteiger partial charge in [-0.3, -0.25) is 24.0 Å². The molecule has 1 aliphatic heterocycles. The summed E-state index contributed by atoms with van der Waals surface area (Å²) in [5.74, 6) is -2.76. The molecule has 0 aromatic heterocycles. The number of amides is 5. The highest BCUT2D eigenvalue weighted by atomic mass is 32.1. The van der Waals surface area contributed by atoms with Crippen molar-refractivity contribution in [2.75, 3.05) is 32.8 Å². The molecular formula is C38H55N7O8S. The minimum absolute atomic E-state index is 0.194. The van der Waals surface area contributed by atoms with E-state index in [9.17, 15) is 29.1 Å². The number of rotatable bonds is 20. The lowest BCUT2D eigenvalue weighted by molar-refractivity contribution is -0.140. The Balaban J connectivity index is 1.28. The standard InChI is InChI=1S/C38H55N7O8S/c1-23(2)33(44-35(49)30(12-6-7-17-39)42-32(48)22-52-29-16-13-25-9-4-5-10-26(25)19-29)36(50)40-20-31(47)43-34(24(3)46)37(51)45-18-8-11-28(45)21-53-38(54)41-27-14-15-27/h4-5,9-10,13,16,19,23-24,27-28,30,33-34,46H,6-8,11-12,14-15,17-18,20-22,39H2,1-3H3,(H,40,50)(H,41,54)(H,42,48)(H,43,47)(H,44,49)/t24-,28+,30+,33+,34+/m1/s1. The van der Waals surface area contributed by atoms with Crippen LogP contribution in [-0.4, -0.2) is 114 Å². The number of aliphatic hydroxyl groups excluding tert-OH is 1. The van der Waals surface area contributed by atoms with E-state index in [4.69, 9.17) is 27.4 Å². The number of benzene rings is 2. The Hall–Kier alpha value is -4.54. The Morgan fingerprint density at radius 2 is 1.67 bits per heavy atom. The number of unbranched alkanes of at least 4 members (excludes halogenated alkanes) is 1. The van der Waals surface area contributed by atoms with Crippen molar-refractivity contribution in [3.8, 4) is 5.75 Å². The van der Waals surface area contributed by atoms with Gasteiger partial charge in [0.15, 0.2) is 6.61 Å². The largest absolute Gasteiger partial charge is 0.484 e. The SMILES string of the molecule is CC(C)[C@H](NC(=O)[C@H](CCCCN)NC(=O)COc1ccc2ccccc2c1)C(=O)NCC(=O)N[C@H](C(=O)N1CCC[C@H]1COC(=S)NC1CC1)[C@@H](C)O. The second-order valence-electron chi connectivity index (χ2n) is 14.3. The highest BCUT2D eigenvalue weighted by Gasteiger charge is 2.37. The van der Waals surface area contributed by atoms with E-state index in [0.29, 0.717) is 44.1 Å². The van der Waals surface area contributed by atoms with Gasteiger partial charge in [0, 0.05) is 12.6 Å². The minimum atomic E-state index is -1.25. The molecular weight excluding hydrogens is 715 g/mol. The van der Waals surface area contributed by atoms with Crippen molar-refractivity contribution in [2.24, 2.45) is 11.7 Å². The zero-order chi connectivity index (χ0) is 39.2. The first-order valence-electron chi connectivity index (χ1n) is 18.8. The van der Waals surface area contributed by atoms with Gasteiger partial charge in [0.1, 0.15) is 30.5 Å². The molecule has 1 aliphatic carbocycles. The van der Waals surface area contributed by atoms with Crippen molar-refractivity contribution in [2.45, 2.75) is 102 Å². The summed E-state index contributed by atoms with van der Waals surface area (Å²) in [6, 6.07) is 10.0. The number of carbonyl (C=O) groups excluding carboxylic acids is 5. The first kappa shape index (κ1) is 42.2. The molecule has 2 aliphatic rings. The van der Waals surface area contributed by atoms with Gasteiger partial charge in [0.25, 0.3) is 11.1 Å². The molecule has 16 heteroatoms. The van der Waals surface area contributed by atoms with Crippen LogP contribution in [0.5, 0.6) is 5.75 Å². The Morgan fingerprint density at radius 3 is 2.35 bits per heavy atom. The topological polar surface area (TPSA) is 213 Å². The lowest BCUT2D eigenvalue weighted by Crippen LogP contribution is -2.58. The van der Waals surface area contributed by atoms with E-state index in [1.807, 2.05) is 36.4 Å². The first-order valence-corrected chi connectivity index (χ1v) is 19.2. The van der Waals surface area contributed by atoms with E-state index in [1.54, 1.807) is 24.8 Å². The molecule has 54 heavy (non-hydrogen) atoms. The maximum Gasteiger partial charge on any atom is 0.258 e. The van der Waals surface area contributed by atoms with Gasteiger partial charge in [0.05, 0.1) is 18.7 Å². The molecule has 2 aromatic carbocycles. The van der Waals surface area contributed by atoms with Crippen LogP contribution in [0.2, 0.25) is 0 Å². The monoisotopic (exact) mass is 769 g/mol. The molecule has 1 saturated heterocycles. The van der Waals surface area contributed by atoms with Crippen LogP contribution in [0.25, 0.3) is 10.8 Å². The summed E-state index contributed by atoms with van der Waals surface area (Å²) in [4.78, 5) is 67.8. The molecule has 1 saturated carbocycles. The number of aliphatic hydroxyl groups is 1. The second-order valence-corrected chi connectivity index (χ2v) is 14.7. The summed E-state index contributed by atoms with van der Waals surface area (Å²) in [7, 11) is 0. The number of thiocarbonyl (C=S) groups is 1. The van der Waals surface area contributed by atoms with E-state index in [2.05, 4.69) is 26.6 Å². The maximum absolute atomic E-state index is 13.5. The molecule has 2 fully saturated rings. The van der Waals surface area contributed by atoms with Crippen LogP contribution in [0.4, 0.5) is 0 Å². The molecule has 8 N–H and O–H groups in total. The minimum Gasteiger partial charge on any atom is -0.484 e. The van der Waals surface area contributed by atoms with Crippen molar-refractivity contribution in [1.29, 1.82) is 0 Å². The van der Waals surface area contributed by atoms with Gasteiger partial charge in [0.2, 0.25) is 23.6 Å². The van der Waals surface area contributed by atoms with Crippen LogP contribution in [0.1, 0.15) is 65.7 Å². The summed E-state index contributed by atoms with van der Waals surface area (Å²) >= 11 is 5.24. The first-order chi connectivity index (χ1) is 25.9. The third-order valence-corrected chi connectivity index (χ3v) is 9.63. The zero-order valence-corrected chi connectivity index (χ0v) is 32.1. The normalized spacial score (nSPS) is 17.5. The van der Waals surface area contributed by atoms with E-state index in [0.717, 1.165) is 30.0 Å². The zero-order valence-electron chi connectivity index (χ0n) is 31.3. The Bertz CT molecular complexity index is 1620. The fourth-order valence-electron chi connectivity index (χ4n) is 6.17. The third kappa shape index (κ3) is 13.1. The van der Waals surface area contributed by atoms with Crippen LogP contribution in [0, 0.1) is 5.92 Å².